The van der Waals surface area contributed by atoms with Crippen LogP contribution in [-0.2, 0) is 20.8 Å². The van der Waals surface area contributed by atoms with Gasteiger partial charge in [0.2, 0.25) is 15.7 Å². The number of hydrogen-bond donors (Lipinski definition) is 3. The molecule has 2 amide bonds. The van der Waals surface area contributed by atoms with Gasteiger partial charge in [0.1, 0.15) is 10.3 Å². The second-order valence-electron chi connectivity index (χ2n) is 6.41. The third kappa shape index (κ3) is 4.95. The van der Waals surface area contributed by atoms with E-state index in [4.69, 9.17) is 5.73 Å². The van der Waals surface area contributed by atoms with E-state index in [1.165, 1.54) is 19.2 Å². The van der Waals surface area contributed by atoms with Gasteiger partial charge in [0.05, 0.1) is 21.7 Å². The van der Waals surface area contributed by atoms with Crippen LogP contribution in [0.3, 0.4) is 0 Å². The first-order valence-corrected chi connectivity index (χ1v) is 10.4. The van der Waals surface area contributed by atoms with Gasteiger partial charge in [-0.15, -0.1) is 11.3 Å². The van der Waals surface area contributed by atoms with Crippen molar-refractivity contribution in [3.63, 3.8) is 0 Å². The summed E-state index contributed by atoms with van der Waals surface area (Å²) >= 11 is 0.655. The van der Waals surface area contributed by atoms with E-state index in [2.05, 4.69) is 5.32 Å². The molecule has 7 nitrogen and oxygen atoms in total. The Balaban J connectivity index is 2.60. The fourth-order valence-corrected chi connectivity index (χ4v) is 4.93. The Kier molecular flexibility index (Phi) is 6.40. The average molecular weight is 450 g/mol. The molecule has 2 rings (SSSR count). The van der Waals surface area contributed by atoms with Crippen molar-refractivity contribution >= 4 is 38.7 Å². The van der Waals surface area contributed by atoms with E-state index in [1.807, 2.05) is 0 Å². The van der Waals surface area contributed by atoms with Crippen LogP contribution < -0.4 is 11.1 Å². The monoisotopic (exact) mass is 450 g/mol. The van der Waals surface area contributed by atoms with E-state index in [1.54, 1.807) is 0 Å². The molecule has 4 N–H and O–H groups in total. The zero-order chi connectivity index (χ0) is 22.1. The van der Waals surface area contributed by atoms with Crippen LogP contribution in [0.5, 0.6) is 0 Å². The number of primary amides is 1. The molecule has 1 atom stereocenters. The van der Waals surface area contributed by atoms with Crippen molar-refractivity contribution < 1.29 is 36.3 Å². The quantitative estimate of drug-likeness (QED) is 0.624. The summed E-state index contributed by atoms with van der Waals surface area (Å²) in [5, 5.41) is 13.1. The maximum absolute atomic E-state index is 13.1. The van der Waals surface area contributed by atoms with Crippen LogP contribution in [0.2, 0.25) is 0 Å². The largest absolute Gasteiger partial charge is 0.416 e. The fraction of sp³-hybridized carbons (Fsp3) is 0.294. The number of nitrogens with one attached hydrogen (secondary N) is 1. The second kappa shape index (κ2) is 8.13. The number of anilines is 1. The number of benzene rings is 1. The van der Waals surface area contributed by atoms with Crippen molar-refractivity contribution in [2.24, 2.45) is 11.7 Å². The number of hydrogen-bond acceptors (Lipinski definition) is 6. The molecule has 0 fully saturated rings. The maximum Gasteiger partial charge on any atom is 0.416 e. The second-order valence-corrected chi connectivity index (χ2v) is 9.47. The number of carbonyl (C=O) groups is 2. The number of amides is 2. The van der Waals surface area contributed by atoms with Crippen molar-refractivity contribution in [2.75, 3.05) is 5.32 Å². The molecular formula is C17H17F3N2O5S2. The molecule has 0 bridgehead atoms. The molecule has 1 heterocycles. The smallest absolute Gasteiger partial charge is 0.383 e. The third-order valence-electron chi connectivity index (χ3n) is 3.88. The summed E-state index contributed by atoms with van der Waals surface area (Å²) in [6, 6.07) is 2.73. The van der Waals surface area contributed by atoms with Crippen LogP contribution in [0.4, 0.5) is 18.9 Å². The lowest BCUT2D eigenvalue weighted by molar-refractivity contribution is -0.137. The lowest BCUT2D eigenvalue weighted by Crippen LogP contribution is -2.32. The van der Waals surface area contributed by atoms with E-state index < -0.39 is 56.0 Å². The van der Waals surface area contributed by atoms with E-state index >= 15 is 0 Å². The SMILES string of the molecule is CC(C)[C@H](O)C(=O)Nc1cc(C(F)(F)F)ccc1S(=O)(=O)c1cc(C(N)=O)cs1. The van der Waals surface area contributed by atoms with Gasteiger partial charge in [-0.1, -0.05) is 13.8 Å². The van der Waals surface area contributed by atoms with Crippen LogP contribution >= 0.6 is 11.3 Å². The van der Waals surface area contributed by atoms with Gasteiger partial charge in [-0.2, -0.15) is 13.2 Å². The molecular weight excluding hydrogens is 433 g/mol. The van der Waals surface area contributed by atoms with Gasteiger partial charge < -0.3 is 16.2 Å². The first kappa shape index (κ1) is 22.8. The Morgan fingerprint density at radius 2 is 1.83 bits per heavy atom. The minimum Gasteiger partial charge on any atom is -0.383 e. The van der Waals surface area contributed by atoms with E-state index in [0.29, 0.717) is 29.5 Å². The molecule has 0 aliphatic carbocycles. The van der Waals surface area contributed by atoms with E-state index in [9.17, 15) is 36.3 Å². The van der Waals surface area contributed by atoms with Gasteiger partial charge in [-0.05, 0) is 30.2 Å². The molecule has 0 spiro atoms. The van der Waals surface area contributed by atoms with Crippen LogP contribution in [0.25, 0.3) is 0 Å². The van der Waals surface area contributed by atoms with E-state index in [0.717, 1.165) is 6.07 Å². The highest BCUT2D eigenvalue weighted by Crippen LogP contribution is 2.37. The fourth-order valence-electron chi connectivity index (χ4n) is 2.24. The summed E-state index contributed by atoms with van der Waals surface area (Å²) in [7, 11) is -4.39. The van der Waals surface area contributed by atoms with Crippen molar-refractivity contribution in [2.45, 2.75) is 35.2 Å². The molecule has 0 aliphatic rings. The van der Waals surface area contributed by atoms with Crippen LogP contribution in [0.1, 0.15) is 29.8 Å². The van der Waals surface area contributed by atoms with Crippen molar-refractivity contribution in [1.29, 1.82) is 0 Å². The maximum atomic E-state index is 13.1. The number of aliphatic hydroxyl groups is 1. The van der Waals surface area contributed by atoms with Crippen molar-refractivity contribution in [3.05, 3.63) is 40.8 Å². The first-order valence-electron chi connectivity index (χ1n) is 8.08. The first-order chi connectivity index (χ1) is 13.2. The summed E-state index contributed by atoms with van der Waals surface area (Å²) in [5.41, 5.74) is 3.19. The molecule has 0 radical (unpaired) electrons. The summed E-state index contributed by atoms with van der Waals surface area (Å²) in [6.07, 6.45) is -6.36. The number of thiophene rings is 1. The van der Waals surface area contributed by atoms with Crippen molar-refractivity contribution in [1.82, 2.24) is 0 Å². The van der Waals surface area contributed by atoms with E-state index in [-0.39, 0.29) is 9.77 Å². The molecule has 0 aliphatic heterocycles. The molecule has 1 aromatic carbocycles. The highest BCUT2D eigenvalue weighted by atomic mass is 32.2. The van der Waals surface area contributed by atoms with Gasteiger partial charge in [-0.25, -0.2) is 8.42 Å². The van der Waals surface area contributed by atoms with Gasteiger partial charge in [0, 0.05) is 5.38 Å². The molecule has 0 saturated carbocycles. The average Bonchev–Trinajstić information content (AvgIpc) is 3.11. The number of aliphatic hydroxyl groups excluding tert-OH is 1. The lowest BCUT2D eigenvalue weighted by Gasteiger charge is -2.18. The Bertz CT molecular complexity index is 1050. The van der Waals surface area contributed by atoms with Crippen LogP contribution in [-0.4, -0.2) is 31.4 Å². The number of carbonyl (C=O) groups excluding carboxylic acids is 2. The molecule has 12 heteroatoms. The van der Waals surface area contributed by atoms with Gasteiger partial charge in [0.15, 0.2) is 0 Å². The lowest BCUT2D eigenvalue weighted by atomic mass is 10.1. The van der Waals surface area contributed by atoms with Crippen molar-refractivity contribution in [3.8, 4) is 0 Å². The molecule has 1 aromatic heterocycles. The minimum atomic E-state index is -4.79. The predicted molar refractivity (Wildman–Crippen MR) is 99.2 cm³/mol. The molecule has 29 heavy (non-hydrogen) atoms. The van der Waals surface area contributed by atoms with Gasteiger partial charge in [0.25, 0.3) is 5.91 Å². The normalized spacial score (nSPS) is 13.3. The Labute approximate surface area is 168 Å². The zero-order valence-corrected chi connectivity index (χ0v) is 16.8. The Morgan fingerprint density at radius 3 is 2.31 bits per heavy atom. The van der Waals surface area contributed by atoms with Gasteiger partial charge >= 0.3 is 6.18 Å². The molecule has 0 saturated heterocycles. The molecule has 0 unspecified atom stereocenters. The third-order valence-corrected chi connectivity index (χ3v) is 7.13. The summed E-state index contributed by atoms with van der Waals surface area (Å²) in [5.74, 6) is -2.49. The number of sulfone groups is 1. The highest BCUT2D eigenvalue weighted by Gasteiger charge is 2.34. The Hall–Kier alpha value is -2.44. The zero-order valence-electron chi connectivity index (χ0n) is 15.1. The number of alkyl halides is 3. The number of rotatable bonds is 6. The summed E-state index contributed by atoms with van der Waals surface area (Å²) < 4.78 is 64.7. The number of halogens is 3. The summed E-state index contributed by atoms with van der Waals surface area (Å²) in [6.45, 7) is 3.01. The molecule has 2 aromatic rings. The van der Waals surface area contributed by atoms with Gasteiger partial charge in [-0.3, -0.25) is 9.59 Å². The predicted octanol–water partition coefficient (Wildman–Crippen LogP) is 2.65. The number of nitrogens with two attached hydrogens (primary N) is 1. The minimum absolute atomic E-state index is 0.0821. The summed E-state index contributed by atoms with van der Waals surface area (Å²) in [4.78, 5) is 22.7. The van der Waals surface area contributed by atoms with Crippen LogP contribution in [0.15, 0.2) is 38.8 Å². The molecule has 158 valence electrons. The standard InChI is InChI=1S/C17H17F3N2O5S2/c1-8(2)14(23)16(25)22-11-6-10(17(18,19)20)3-4-12(11)29(26,27)13-5-9(7-28-13)15(21)24/h3-8,14,23H,1-2H3,(H2,21,24)(H,22,25)/t14-/m0/s1. The topological polar surface area (TPSA) is 127 Å². The Morgan fingerprint density at radius 1 is 1.21 bits per heavy atom. The highest BCUT2D eigenvalue weighted by molar-refractivity contribution is 7.93. The van der Waals surface area contributed by atoms with Crippen LogP contribution in [0, 0.1) is 5.92 Å².